The molecule has 314 valence electrons. The Balaban J connectivity index is -0.000000345. The van der Waals surface area contributed by atoms with Crippen molar-refractivity contribution in [3.8, 4) is 0 Å². The summed E-state index contributed by atoms with van der Waals surface area (Å²) in [6, 6.07) is 0. The summed E-state index contributed by atoms with van der Waals surface area (Å²) in [4.78, 5) is 104. The van der Waals surface area contributed by atoms with Gasteiger partial charge in [0, 0.05) is 13.8 Å². The van der Waals surface area contributed by atoms with Gasteiger partial charge in [0.15, 0.2) is 6.79 Å². The third-order valence-corrected chi connectivity index (χ3v) is 8.59. The molecule has 0 spiro atoms. The summed E-state index contributed by atoms with van der Waals surface area (Å²) in [6.45, 7) is 27.0. The molecule has 0 heterocycles. The second-order valence-corrected chi connectivity index (χ2v) is 16.1. The van der Waals surface area contributed by atoms with Crippen LogP contribution in [0.1, 0.15) is 144 Å². The minimum absolute atomic E-state index is 0. The van der Waals surface area contributed by atoms with Crippen molar-refractivity contribution in [3.05, 3.63) is 0 Å². The van der Waals surface area contributed by atoms with Crippen molar-refractivity contribution in [3.63, 3.8) is 0 Å². The van der Waals surface area contributed by atoms with Gasteiger partial charge in [0.1, 0.15) is 64.2 Å². The first-order valence-electron chi connectivity index (χ1n) is 18.0. The summed E-state index contributed by atoms with van der Waals surface area (Å²) in [7, 11) is 0. The maximum absolute atomic E-state index is 11.9. The Morgan fingerprint density at radius 2 is 0.685 bits per heavy atom. The fraction of sp³-hybridized carbons (Fsp3) is 0.780. The number of carbonyl (C=O) groups is 9. The van der Waals surface area contributed by atoms with E-state index in [1.807, 2.05) is 41.5 Å². The molecule has 0 aromatic rings. The molecule has 0 aromatic carbocycles. The van der Waals surface area contributed by atoms with Crippen molar-refractivity contribution in [2.75, 3.05) is 26.6 Å². The first-order valence-corrected chi connectivity index (χ1v) is 18.0. The topological polar surface area (TPSA) is 191 Å². The van der Waals surface area contributed by atoms with Gasteiger partial charge in [-0.2, -0.15) is 0 Å². The standard InChI is InChI=1S/C15H26O4.C13H22O5.C12H20O4.CH4/c1-10(2)8-15(11(3)16,12(4)17)9-19-13(18)14(5,6)7;1-9(2)6-13(10(3)14,11(4)15)7-17-8-18-12(5)16;1-8(2)6-12(9(3)13,10(4)14)7-16-11(5)15;/h10H,8-9H2,1-7H3;9H,6-8H2,1-5H3;8H,6-7H2,1-5H3;1H4. The van der Waals surface area contributed by atoms with Crippen molar-refractivity contribution in [1.82, 2.24) is 0 Å². The van der Waals surface area contributed by atoms with Gasteiger partial charge in [0.2, 0.25) is 0 Å². The first-order chi connectivity index (χ1) is 23.9. The van der Waals surface area contributed by atoms with Gasteiger partial charge in [-0.05, 0) is 99.3 Å². The number of carbonyl (C=O) groups excluding carboxylic acids is 9. The number of rotatable bonds is 20. The van der Waals surface area contributed by atoms with Crippen molar-refractivity contribution >= 4 is 52.6 Å². The van der Waals surface area contributed by atoms with Crippen molar-refractivity contribution in [2.24, 2.45) is 39.4 Å². The normalized spacial score (nSPS) is 11.6. The van der Waals surface area contributed by atoms with E-state index in [4.69, 9.17) is 14.2 Å². The predicted octanol–water partition coefficient (Wildman–Crippen LogP) is 6.92. The van der Waals surface area contributed by atoms with Crippen molar-refractivity contribution in [1.29, 1.82) is 0 Å². The maximum atomic E-state index is 11.9. The van der Waals surface area contributed by atoms with Crippen molar-refractivity contribution < 1.29 is 62.1 Å². The molecule has 0 saturated heterocycles. The quantitative estimate of drug-likeness (QED) is 0.0408. The third kappa shape index (κ3) is 20.2. The number of hydrogen-bond donors (Lipinski definition) is 0. The zero-order valence-corrected chi connectivity index (χ0v) is 35.5. The molecule has 13 nitrogen and oxygen atoms in total. The average Bonchev–Trinajstić information content (AvgIpc) is 2.97. The second kappa shape index (κ2) is 25.5. The first kappa shape index (κ1) is 57.1. The lowest BCUT2D eigenvalue weighted by Crippen LogP contribution is -2.43. The van der Waals surface area contributed by atoms with E-state index in [1.165, 1.54) is 55.4 Å². The molecule has 13 heteroatoms. The number of ketones is 6. The third-order valence-electron chi connectivity index (χ3n) is 8.59. The van der Waals surface area contributed by atoms with Gasteiger partial charge in [-0.15, -0.1) is 0 Å². The summed E-state index contributed by atoms with van der Waals surface area (Å²) >= 11 is 0. The molecule has 0 rings (SSSR count). The molecule has 0 aromatic heterocycles. The molecule has 0 N–H and O–H groups in total. The molecule has 0 radical (unpaired) electrons. The molecule has 54 heavy (non-hydrogen) atoms. The Bertz CT molecular complexity index is 1240. The number of ether oxygens (including phenoxy) is 4. The monoisotopic (exact) mass is 772 g/mol. The highest BCUT2D eigenvalue weighted by atomic mass is 16.7. The Hall–Kier alpha value is -3.61. The van der Waals surface area contributed by atoms with E-state index in [1.54, 1.807) is 20.8 Å². The second-order valence-electron chi connectivity index (χ2n) is 16.1. The van der Waals surface area contributed by atoms with Crippen LogP contribution in [0, 0.1) is 39.4 Å². The number of Topliss-reactive ketones (excluding diaryl/α,β-unsaturated/α-hetero) is 6. The highest BCUT2D eigenvalue weighted by molar-refractivity contribution is 6.06. The zero-order chi connectivity index (χ0) is 42.7. The molecule has 0 bridgehead atoms. The Kier molecular flexibility index (Phi) is 26.9. The maximum Gasteiger partial charge on any atom is 0.311 e. The van der Waals surface area contributed by atoms with Crippen LogP contribution in [0.2, 0.25) is 0 Å². The van der Waals surface area contributed by atoms with Crippen LogP contribution in [-0.2, 0) is 62.1 Å². The van der Waals surface area contributed by atoms with Crippen LogP contribution >= 0.6 is 0 Å². The van der Waals surface area contributed by atoms with Gasteiger partial charge >= 0.3 is 17.9 Å². The molecule has 0 unspecified atom stereocenters. The fourth-order valence-electron chi connectivity index (χ4n) is 5.45. The lowest BCUT2D eigenvalue weighted by atomic mass is 9.74. The van der Waals surface area contributed by atoms with Crippen LogP contribution < -0.4 is 0 Å². The summed E-state index contributed by atoms with van der Waals surface area (Å²) in [5.41, 5.74) is -4.14. The fourth-order valence-corrected chi connectivity index (χ4v) is 5.45. The molecule has 0 saturated carbocycles. The smallest absolute Gasteiger partial charge is 0.311 e. The van der Waals surface area contributed by atoms with E-state index in [9.17, 15) is 43.2 Å². The summed E-state index contributed by atoms with van der Waals surface area (Å²) in [5, 5.41) is 0. The van der Waals surface area contributed by atoms with E-state index in [0.717, 1.165) is 0 Å². The Morgan fingerprint density at radius 3 is 0.907 bits per heavy atom. The lowest BCUT2D eigenvalue weighted by Gasteiger charge is -2.31. The average molecular weight is 773 g/mol. The van der Waals surface area contributed by atoms with Gasteiger partial charge in [-0.25, -0.2) is 0 Å². The Labute approximate surface area is 324 Å². The summed E-state index contributed by atoms with van der Waals surface area (Å²) < 4.78 is 19.8. The van der Waals surface area contributed by atoms with Crippen LogP contribution in [0.25, 0.3) is 0 Å². The SMILES string of the molecule is C.CC(=O)C(COC(=O)C(C)(C)C)(CC(C)C)C(C)=O.CC(=O)OCC(CC(C)C)(C(C)=O)C(C)=O.CC(=O)OCOCC(CC(C)C)(C(C)=O)C(C)=O. The van der Waals surface area contributed by atoms with Gasteiger partial charge in [-0.1, -0.05) is 49.0 Å². The molecular weight excluding hydrogens is 700 g/mol. The molecule has 0 aliphatic heterocycles. The number of hydrogen-bond acceptors (Lipinski definition) is 13. The van der Waals surface area contributed by atoms with E-state index < -0.39 is 39.6 Å². The van der Waals surface area contributed by atoms with Gasteiger partial charge in [-0.3, -0.25) is 43.2 Å². The van der Waals surface area contributed by atoms with E-state index in [0.29, 0.717) is 19.3 Å². The minimum Gasteiger partial charge on any atom is -0.464 e. The number of esters is 3. The molecular formula is C41H72O13. The largest absolute Gasteiger partial charge is 0.464 e. The van der Waals surface area contributed by atoms with E-state index in [2.05, 4.69) is 4.74 Å². The van der Waals surface area contributed by atoms with E-state index in [-0.39, 0.29) is 86.5 Å². The zero-order valence-electron chi connectivity index (χ0n) is 35.5. The molecule has 0 fully saturated rings. The van der Waals surface area contributed by atoms with Crippen LogP contribution in [0.5, 0.6) is 0 Å². The Morgan fingerprint density at radius 1 is 0.426 bits per heavy atom. The minimum atomic E-state index is -1.20. The van der Waals surface area contributed by atoms with Gasteiger partial charge in [0.25, 0.3) is 0 Å². The van der Waals surface area contributed by atoms with E-state index >= 15 is 0 Å². The lowest BCUT2D eigenvalue weighted by molar-refractivity contribution is -0.162. The van der Waals surface area contributed by atoms with Gasteiger partial charge < -0.3 is 18.9 Å². The predicted molar refractivity (Wildman–Crippen MR) is 206 cm³/mol. The van der Waals surface area contributed by atoms with Crippen LogP contribution in [-0.4, -0.2) is 79.2 Å². The van der Waals surface area contributed by atoms with Gasteiger partial charge in [0.05, 0.1) is 12.0 Å². The molecule has 0 aliphatic rings. The molecule has 0 aliphatic carbocycles. The van der Waals surface area contributed by atoms with Crippen LogP contribution in [0.4, 0.5) is 0 Å². The van der Waals surface area contributed by atoms with Crippen molar-refractivity contribution in [2.45, 2.75) is 144 Å². The molecule has 0 atom stereocenters. The van der Waals surface area contributed by atoms with Crippen LogP contribution in [0.15, 0.2) is 0 Å². The molecule has 0 amide bonds. The highest BCUT2D eigenvalue weighted by Gasteiger charge is 2.44. The summed E-state index contributed by atoms with van der Waals surface area (Å²) in [5.74, 6) is -2.19. The highest BCUT2D eigenvalue weighted by Crippen LogP contribution is 2.32. The van der Waals surface area contributed by atoms with Crippen LogP contribution in [0.3, 0.4) is 0 Å². The summed E-state index contributed by atoms with van der Waals surface area (Å²) in [6.07, 6.45) is 1.23.